The lowest BCUT2D eigenvalue weighted by Gasteiger charge is -2.19. The third-order valence-electron chi connectivity index (χ3n) is 5.81. The molecule has 0 bridgehead atoms. The third kappa shape index (κ3) is 4.58. The summed E-state index contributed by atoms with van der Waals surface area (Å²) in [6, 6.07) is 21.4. The van der Waals surface area contributed by atoms with Crippen LogP contribution in [0.4, 0.5) is 10.1 Å². The summed E-state index contributed by atoms with van der Waals surface area (Å²) < 4.78 is 14.3. The molecule has 2 amide bonds. The van der Waals surface area contributed by atoms with Gasteiger partial charge >= 0.3 is 0 Å². The van der Waals surface area contributed by atoms with Gasteiger partial charge in [0.25, 0.3) is 11.8 Å². The maximum atomic E-state index is 14.3. The van der Waals surface area contributed by atoms with Crippen molar-refractivity contribution in [3.8, 4) is 0 Å². The summed E-state index contributed by atoms with van der Waals surface area (Å²) in [7, 11) is 0. The summed E-state index contributed by atoms with van der Waals surface area (Å²) in [4.78, 5) is 27.9. The third-order valence-corrected chi connectivity index (χ3v) is 5.81. The molecule has 1 aliphatic rings. The van der Waals surface area contributed by atoms with Crippen LogP contribution in [0.15, 0.2) is 78.5 Å². The van der Waals surface area contributed by atoms with E-state index in [9.17, 15) is 14.0 Å². The van der Waals surface area contributed by atoms with Crippen LogP contribution in [0, 0.1) is 12.7 Å². The van der Waals surface area contributed by atoms with Crippen molar-refractivity contribution in [3.63, 3.8) is 0 Å². The highest BCUT2D eigenvalue weighted by molar-refractivity contribution is 6.36. The highest BCUT2D eigenvalue weighted by Crippen LogP contribution is 2.32. The molecule has 0 saturated carbocycles. The first kappa shape index (κ1) is 22.5. The number of carbonyl (C=O) groups is 2. The van der Waals surface area contributed by atoms with E-state index in [0.29, 0.717) is 16.8 Å². The molecule has 0 radical (unpaired) electrons. The minimum absolute atomic E-state index is 0.000552. The second kappa shape index (κ2) is 8.66. The first-order valence-corrected chi connectivity index (χ1v) is 10.9. The predicted molar refractivity (Wildman–Crippen MR) is 129 cm³/mol. The number of aryl methyl sites for hydroxylation is 1. The molecule has 4 rings (SSSR count). The van der Waals surface area contributed by atoms with Gasteiger partial charge in [-0.05, 0) is 41.7 Å². The molecule has 0 atom stereocenters. The Morgan fingerprint density at radius 2 is 1.48 bits per heavy atom. The van der Waals surface area contributed by atoms with Crippen LogP contribution in [0.1, 0.15) is 43.0 Å². The molecule has 1 aliphatic heterocycles. The Labute approximate surface area is 193 Å². The summed E-state index contributed by atoms with van der Waals surface area (Å²) in [5.41, 5.74) is 4.33. The van der Waals surface area contributed by atoms with Gasteiger partial charge in [0.05, 0.1) is 12.1 Å². The summed E-state index contributed by atoms with van der Waals surface area (Å²) in [6.45, 7) is 8.22. The zero-order chi connectivity index (χ0) is 23.8. The van der Waals surface area contributed by atoms with Gasteiger partial charge in [-0.1, -0.05) is 80.9 Å². The molecule has 3 aromatic rings. The van der Waals surface area contributed by atoms with Crippen LogP contribution in [0.2, 0.25) is 0 Å². The number of imide groups is 1. The fourth-order valence-electron chi connectivity index (χ4n) is 3.82. The van der Waals surface area contributed by atoms with Gasteiger partial charge in [0.1, 0.15) is 11.5 Å². The van der Waals surface area contributed by atoms with E-state index in [1.165, 1.54) is 6.07 Å². The van der Waals surface area contributed by atoms with E-state index in [0.717, 1.165) is 16.0 Å². The molecule has 3 aromatic carbocycles. The van der Waals surface area contributed by atoms with Gasteiger partial charge in [-0.15, -0.1) is 0 Å². The number of benzene rings is 3. The fraction of sp³-hybridized carbons (Fsp3) is 0.214. The quantitative estimate of drug-likeness (QED) is 0.506. The van der Waals surface area contributed by atoms with Crippen molar-refractivity contribution in [1.82, 2.24) is 4.90 Å². The smallest absolute Gasteiger partial charge is 0.278 e. The SMILES string of the molecule is Cc1ccc(C2=C(Nc3ccc(C(C)(C)C)cc3)C(=O)N(Cc3ccccc3F)C2=O)cc1. The topological polar surface area (TPSA) is 49.4 Å². The van der Waals surface area contributed by atoms with E-state index in [1.807, 2.05) is 55.5 Å². The van der Waals surface area contributed by atoms with E-state index >= 15 is 0 Å². The lowest BCUT2D eigenvalue weighted by Crippen LogP contribution is -2.32. The van der Waals surface area contributed by atoms with E-state index in [2.05, 4.69) is 26.1 Å². The van der Waals surface area contributed by atoms with Gasteiger partial charge in [-0.3, -0.25) is 14.5 Å². The van der Waals surface area contributed by atoms with Crippen molar-refractivity contribution < 1.29 is 14.0 Å². The molecule has 5 heteroatoms. The molecular formula is C28H27FN2O2. The lowest BCUT2D eigenvalue weighted by atomic mass is 9.87. The Kier molecular flexibility index (Phi) is 5.90. The number of hydrogen-bond acceptors (Lipinski definition) is 3. The van der Waals surface area contributed by atoms with Crippen molar-refractivity contribution in [2.24, 2.45) is 0 Å². The van der Waals surface area contributed by atoms with Gasteiger partial charge in [-0.2, -0.15) is 0 Å². The Balaban J connectivity index is 1.72. The number of nitrogens with one attached hydrogen (secondary N) is 1. The van der Waals surface area contributed by atoms with Crippen LogP contribution in [0.25, 0.3) is 5.57 Å². The van der Waals surface area contributed by atoms with Crippen molar-refractivity contribution in [1.29, 1.82) is 0 Å². The zero-order valence-corrected chi connectivity index (χ0v) is 19.3. The van der Waals surface area contributed by atoms with Crippen LogP contribution in [0.3, 0.4) is 0 Å². The van der Waals surface area contributed by atoms with Crippen LogP contribution in [-0.2, 0) is 21.5 Å². The second-order valence-electron chi connectivity index (χ2n) is 9.36. The van der Waals surface area contributed by atoms with Crippen molar-refractivity contribution in [2.75, 3.05) is 5.32 Å². The molecule has 0 saturated heterocycles. The Morgan fingerprint density at radius 1 is 0.848 bits per heavy atom. The predicted octanol–water partition coefficient (Wildman–Crippen LogP) is 5.82. The minimum Gasteiger partial charge on any atom is -0.350 e. The number of nitrogens with zero attached hydrogens (tertiary/aromatic N) is 1. The standard InChI is InChI=1S/C28H27FN2O2/c1-18-9-11-19(12-10-18)24-25(30-22-15-13-21(14-16-22)28(2,3)4)27(33)31(26(24)32)17-20-7-5-6-8-23(20)29/h5-16,30H,17H2,1-4H3. The molecular weight excluding hydrogens is 415 g/mol. The van der Waals surface area contributed by atoms with Crippen LogP contribution >= 0.6 is 0 Å². The minimum atomic E-state index is -0.473. The molecule has 1 heterocycles. The second-order valence-corrected chi connectivity index (χ2v) is 9.36. The summed E-state index contributed by atoms with van der Waals surface area (Å²) in [6.07, 6.45) is 0. The van der Waals surface area contributed by atoms with E-state index in [-0.39, 0.29) is 23.2 Å². The molecule has 33 heavy (non-hydrogen) atoms. The summed E-state index contributed by atoms with van der Waals surface area (Å²) >= 11 is 0. The van der Waals surface area contributed by atoms with Gasteiger partial charge in [0, 0.05) is 11.3 Å². The molecule has 0 unspecified atom stereocenters. The van der Waals surface area contributed by atoms with Gasteiger partial charge < -0.3 is 5.32 Å². The Morgan fingerprint density at radius 3 is 2.09 bits per heavy atom. The van der Waals surface area contributed by atoms with E-state index in [1.54, 1.807) is 18.2 Å². The lowest BCUT2D eigenvalue weighted by molar-refractivity contribution is -0.137. The maximum Gasteiger partial charge on any atom is 0.278 e. The molecule has 1 N–H and O–H groups in total. The molecule has 0 aliphatic carbocycles. The van der Waals surface area contributed by atoms with Gasteiger partial charge in [-0.25, -0.2) is 4.39 Å². The normalized spacial score (nSPS) is 14.3. The van der Waals surface area contributed by atoms with Gasteiger partial charge in [0.15, 0.2) is 0 Å². The van der Waals surface area contributed by atoms with E-state index < -0.39 is 17.6 Å². The molecule has 0 spiro atoms. The van der Waals surface area contributed by atoms with Crippen LogP contribution in [-0.4, -0.2) is 16.7 Å². The number of rotatable bonds is 5. The molecule has 4 nitrogen and oxygen atoms in total. The number of halogens is 1. The number of amides is 2. The average Bonchev–Trinajstić information content (AvgIpc) is 3.00. The zero-order valence-electron chi connectivity index (χ0n) is 19.3. The van der Waals surface area contributed by atoms with Crippen LogP contribution in [0.5, 0.6) is 0 Å². The Bertz CT molecular complexity index is 1240. The summed E-state index contributed by atoms with van der Waals surface area (Å²) in [5, 5.41) is 3.17. The summed E-state index contributed by atoms with van der Waals surface area (Å²) in [5.74, 6) is -1.37. The van der Waals surface area contributed by atoms with E-state index in [4.69, 9.17) is 0 Å². The monoisotopic (exact) mass is 442 g/mol. The van der Waals surface area contributed by atoms with Crippen molar-refractivity contribution in [2.45, 2.75) is 39.7 Å². The average molecular weight is 443 g/mol. The first-order chi connectivity index (χ1) is 15.6. The number of carbonyl (C=O) groups excluding carboxylic acids is 2. The van der Waals surface area contributed by atoms with Crippen molar-refractivity contribution in [3.05, 3.63) is 107 Å². The molecule has 168 valence electrons. The van der Waals surface area contributed by atoms with Crippen molar-refractivity contribution >= 4 is 23.1 Å². The highest BCUT2D eigenvalue weighted by Gasteiger charge is 2.39. The number of hydrogen-bond donors (Lipinski definition) is 1. The largest absolute Gasteiger partial charge is 0.350 e. The van der Waals surface area contributed by atoms with Gasteiger partial charge in [0.2, 0.25) is 0 Å². The highest BCUT2D eigenvalue weighted by atomic mass is 19.1. The first-order valence-electron chi connectivity index (χ1n) is 10.9. The molecule has 0 fully saturated rings. The van der Waals surface area contributed by atoms with Crippen LogP contribution < -0.4 is 5.32 Å². The fourth-order valence-corrected chi connectivity index (χ4v) is 3.82. The molecule has 0 aromatic heterocycles. The maximum absolute atomic E-state index is 14.3. The number of anilines is 1. The Hall–Kier alpha value is -3.73.